The first-order chi connectivity index (χ1) is 40.4. The van der Waals surface area contributed by atoms with Crippen LogP contribution < -0.4 is 24.8 Å². The van der Waals surface area contributed by atoms with E-state index in [1.165, 1.54) is 35.5 Å². The van der Waals surface area contributed by atoms with Crippen LogP contribution in [0.15, 0.2) is 83.8 Å². The Bertz CT molecular complexity index is 3170. The van der Waals surface area contributed by atoms with E-state index in [1.54, 1.807) is 24.3 Å². The molecule has 456 valence electrons. The summed E-state index contributed by atoms with van der Waals surface area (Å²) in [6.45, 7) is 12.0. The highest BCUT2D eigenvalue weighted by Crippen LogP contribution is 2.52. The summed E-state index contributed by atoms with van der Waals surface area (Å²) in [5.41, 5.74) is 2.80. The highest BCUT2D eigenvalue weighted by atomic mass is 32.2. The summed E-state index contributed by atoms with van der Waals surface area (Å²) >= 11 is 0. The minimum Gasteiger partial charge on any atom is -0.491 e. The molecule has 1 aromatic heterocycles. The Morgan fingerprint density at radius 3 is 1.93 bits per heavy atom. The number of alkyl halides is 1. The number of carbonyl (C=O) groups excluding carboxylic acids is 2. The number of halogens is 2. The molecule has 1 saturated heterocycles. The monoisotopic (exact) mass is 1190 g/mol. The van der Waals surface area contributed by atoms with Crippen LogP contribution in [0.25, 0.3) is 10.9 Å². The molecule has 0 radical (unpaired) electrons. The third kappa shape index (κ3) is 16.1. The van der Waals surface area contributed by atoms with Gasteiger partial charge in [0.25, 0.3) is 5.91 Å². The number of ether oxygens (including phenoxy) is 10. The first-order valence-corrected chi connectivity index (χ1v) is 29.9. The van der Waals surface area contributed by atoms with Crippen LogP contribution in [0.4, 0.5) is 20.2 Å². The number of aliphatic carboxylic acids is 1. The second kappa shape index (κ2) is 28.1. The minimum atomic E-state index is -3.80. The molecule has 0 spiro atoms. The zero-order valence-corrected chi connectivity index (χ0v) is 48.5. The van der Waals surface area contributed by atoms with Crippen molar-refractivity contribution >= 4 is 50.1 Å². The number of rotatable bonds is 34. The third-order valence-corrected chi connectivity index (χ3v) is 17.2. The summed E-state index contributed by atoms with van der Waals surface area (Å²) in [6.07, 6.45) is 3.14. The normalized spacial score (nSPS) is 17.8. The second-order valence-electron chi connectivity index (χ2n) is 21.8. The van der Waals surface area contributed by atoms with Crippen molar-refractivity contribution in [3.05, 3.63) is 107 Å². The van der Waals surface area contributed by atoms with Crippen LogP contribution in [0.1, 0.15) is 86.0 Å². The lowest BCUT2D eigenvalue weighted by Gasteiger charge is -2.32. The molecule has 2 fully saturated rings. The van der Waals surface area contributed by atoms with Gasteiger partial charge in [0.15, 0.2) is 11.5 Å². The van der Waals surface area contributed by atoms with Crippen molar-refractivity contribution in [2.75, 3.05) is 136 Å². The number of piperidine rings is 1. The van der Waals surface area contributed by atoms with Gasteiger partial charge in [-0.1, -0.05) is 32.0 Å². The lowest BCUT2D eigenvalue weighted by molar-refractivity contribution is -0.173. The largest absolute Gasteiger partial charge is 0.491 e. The van der Waals surface area contributed by atoms with E-state index in [0.29, 0.717) is 167 Å². The number of hydrogen-bond acceptors (Lipinski definition) is 16. The Morgan fingerprint density at radius 1 is 0.750 bits per heavy atom. The molecule has 0 bridgehead atoms. The first kappa shape index (κ1) is 62.1. The van der Waals surface area contributed by atoms with Gasteiger partial charge in [-0.15, -0.1) is 0 Å². The Labute approximate surface area is 487 Å². The van der Waals surface area contributed by atoms with E-state index in [0.717, 1.165) is 21.5 Å². The number of aromatic amines is 1. The highest BCUT2D eigenvalue weighted by Gasteiger charge is 2.52. The molecule has 9 rings (SSSR count). The SMILES string of the molecule is CC1(F)Oc2ccc(C3(C(=O)Nc4cc5cc(C(C)(C)CCOCCOCCOCCOCCOCCOCCOCCOc6ccc(C7CCN(S(=O)(=O)c8ccc9c(c8)NCN(CC(=O)O)C9=O)CC7)cc6)[nH]c5cc4F)CC3)cc2O1. The topological polar surface area (TPSA) is 244 Å². The zero-order chi connectivity index (χ0) is 59.3. The van der Waals surface area contributed by atoms with Crippen molar-refractivity contribution in [1.29, 1.82) is 0 Å². The summed E-state index contributed by atoms with van der Waals surface area (Å²) in [6, 6.07) is 19.8. The van der Waals surface area contributed by atoms with Crippen molar-refractivity contribution < 1.29 is 84.1 Å². The summed E-state index contributed by atoms with van der Waals surface area (Å²) in [5, 5.41) is 15.6. The van der Waals surface area contributed by atoms with Gasteiger partial charge >= 0.3 is 12.0 Å². The quantitative estimate of drug-likeness (QED) is 0.0288. The summed E-state index contributed by atoms with van der Waals surface area (Å²) in [7, 11) is -3.80. The van der Waals surface area contributed by atoms with Crippen molar-refractivity contribution in [3.8, 4) is 17.2 Å². The van der Waals surface area contributed by atoms with Crippen molar-refractivity contribution in [1.82, 2.24) is 14.2 Å². The van der Waals surface area contributed by atoms with Gasteiger partial charge in [0, 0.05) is 60.4 Å². The third-order valence-electron chi connectivity index (χ3n) is 15.3. The number of H-pyrrole nitrogens is 1. The van der Waals surface area contributed by atoms with E-state index in [2.05, 4.69) is 29.5 Å². The number of nitrogens with one attached hydrogen (secondary N) is 3. The molecule has 2 amide bonds. The molecule has 1 aliphatic carbocycles. The van der Waals surface area contributed by atoms with Gasteiger partial charge in [-0.3, -0.25) is 14.4 Å². The molecule has 1 unspecified atom stereocenters. The average molecular weight is 1190 g/mol. The van der Waals surface area contributed by atoms with Gasteiger partial charge < -0.3 is 73.0 Å². The Morgan fingerprint density at radius 2 is 1.33 bits per heavy atom. The van der Waals surface area contributed by atoms with E-state index < -0.39 is 45.7 Å². The molecule has 3 aliphatic heterocycles. The number of benzene rings is 4. The van der Waals surface area contributed by atoms with Crippen LogP contribution in [0.3, 0.4) is 0 Å². The predicted octanol–water partition coefficient (Wildman–Crippen LogP) is 7.73. The molecule has 84 heavy (non-hydrogen) atoms. The van der Waals surface area contributed by atoms with Crippen molar-refractivity contribution in [2.45, 2.75) is 80.6 Å². The summed E-state index contributed by atoms with van der Waals surface area (Å²) in [5.74, 6) is -1.09. The Hall–Kier alpha value is -6.48. The lowest BCUT2D eigenvalue weighted by Crippen LogP contribution is -2.43. The van der Waals surface area contributed by atoms with Gasteiger partial charge in [0.1, 0.15) is 24.7 Å². The molecular formula is C60H75F2N5O16S. The van der Waals surface area contributed by atoms with E-state index in [1.807, 2.05) is 30.3 Å². The number of nitrogens with zero attached hydrogens (tertiary/aromatic N) is 2. The number of amides is 2. The standard InChI is InChI=1S/C60H75F2N5O16S/c1-58(2,54-35-43-34-51(48(61)38-49(43)64-54)65-57(71)60(14-15-60)44-6-11-52-53(36-44)83-59(3,62)82-52)16-19-74-20-21-75-22-23-76-24-25-77-26-27-78-28-29-79-30-31-80-32-33-81-45-7-4-41(5-8-45)42-12-17-67(18-13-42)84(72,73)46-9-10-47-50(37-46)63-40-66(56(47)70)39-55(68)69/h4-11,34-38,42,63-64H,12-33,39-40H2,1-3H3,(H,65,71)(H,68,69). The molecule has 4 heterocycles. The molecule has 5 aromatic rings. The molecule has 4 N–H and O–H groups in total. The number of carboxylic acids is 1. The molecular weight excluding hydrogens is 1120 g/mol. The maximum Gasteiger partial charge on any atom is 0.404 e. The highest BCUT2D eigenvalue weighted by molar-refractivity contribution is 7.89. The maximum absolute atomic E-state index is 15.4. The molecule has 24 heteroatoms. The van der Waals surface area contributed by atoms with Crippen molar-refractivity contribution in [3.63, 3.8) is 0 Å². The van der Waals surface area contributed by atoms with Gasteiger partial charge in [-0.05, 0) is 104 Å². The predicted molar refractivity (Wildman–Crippen MR) is 305 cm³/mol. The number of carboxylic acid groups (broad SMARTS) is 1. The van der Waals surface area contributed by atoms with Crippen LogP contribution in [-0.2, 0) is 63.6 Å². The van der Waals surface area contributed by atoms with E-state index in [-0.39, 0.29) is 51.6 Å². The fraction of sp³-hybridized carbons (Fsp3) is 0.517. The smallest absolute Gasteiger partial charge is 0.404 e. The van der Waals surface area contributed by atoms with Crippen LogP contribution in [0.5, 0.6) is 17.2 Å². The second-order valence-corrected chi connectivity index (χ2v) is 23.7. The van der Waals surface area contributed by atoms with Gasteiger partial charge in [0.05, 0.1) is 114 Å². The van der Waals surface area contributed by atoms with Gasteiger partial charge in [-0.2, -0.15) is 8.70 Å². The van der Waals surface area contributed by atoms with E-state index >= 15 is 4.39 Å². The fourth-order valence-electron chi connectivity index (χ4n) is 10.3. The summed E-state index contributed by atoms with van der Waals surface area (Å²) < 4.78 is 114. The zero-order valence-electron chi connectivity index (χ0n) is 47.7. The molecule has 4 aliphatic rings. The molecule has 21 nitrogen and oxygen atoms in total. The molecule has 1 saturated carbocycles. The van der Waals surface area contributed by atoms with Gasteiger partial charge in [-0.25, -0.2) is 12.8 Å². The van der Waals surface area contributed by atoms with Gasteiger partial charge in [0.2, 0.25) is 15.9 Å². The average Bonchev–Trinajstić information content (AvgIpc) is 4.20. The Kier molecular flexibility index (Phi) is 20.8. The Balaban J connectivity index is 0.530. The van der Waals surface area contributed by atoms with Crippen LogP contribution in [0.2, 0.25) is 0 Å². The molecule has 1 atom stereocenters. The number of carbonyl (C=O) groups is 3. The van der Waals surface area contributed by atoms with E-state index in [9.17, 15) is 27.2 Å². The first-order valence-electron chi connectivity index (χ1n) is 28.4. The van der Waals surface area contributed by atoms with Crippen LogP contribution >= 0.6 is 0 Å². The number of anilines is 2. The fourth-order valence-corrected chi connectivity index (χ4v) is 11.8. The van der Waals surface area contributed by atoms with E-state index in [4.69, 9.17) is 52.5 Å². The molecule has 4 aromatic carbocycles. The van der Waals surface area contributed by atoms with Crippen molar-refractivity contribution in [2.24, 2.45) is 0 Å². The number of hydrogen-bond donors (Lipinski definition) is 4. The van der Waals surface area contributed by atoms with Crippen LogP contribution in [0, 0.1) is 5.82 Å². The summed E-state index contributed by atoms with van der Waals surface area (Å²) in [4.78, 5) is 41.9. The number of sulfonamides is 1. The maximum atomic E-state index is 15.4. The minimum absolute atomic E-state index is 0.0250. The number of aromatic nitrogens is 1. The lowest BCUT2D eigenvalue weighted by atomic mass is 9.86. The van der Waals surface area contributed by atoms with Crippen LogP contribution in [-0.4, -0.2) is 177 Å². The number of fused-ring (bicyclic) bond motifs is 3.